The number of hydrogen-bond donors (Lipinski definition) is 1. The molecule has 0 bridgehead atoms. The van der Waals surface area contributed by atoms with Gasteiger partial charge in [0.15, 0.2) is 17.1 Å². The molecule has 0 spiro atoms. The van der Waals surface area contributed by atoms with Gasteiger partial charge in [0, 0.05) is 31.8 Å². The number of ether oxygens (including phenoxy) is 1. The molecule has 0 amide bonds. The Bertz CT molecular complexity index is 786. The second-order valence-electron chi connectivity index (χ2n) is 7.54. The lowest BCUT2D eigenvalue weighted by molar-refractivity contribution is 0.0349. The molecule has 7 heteroatoms. The quantitative estimate of drug-likeness (QED) is 0.847. The van der Waals surface area contributed by atoms with Crippen molar-refractivity contribution < 1.29 is 19.2 Å². The molecule has 1 aromatic carbocycles. The number of carboxylic acids is 1. The Morgan fingerprint density at radius 3 is 2.64 bits per heavy atom. The highest BCUT2D eigenvalue weighted by Gasteiger charge is 2.30. The number of piperidine rings is 1. The van der Waals surface area contributed by atoms with Crippen LogP contribution >= 0.6 is 0 Å². The molecule has 4 rings (SSSR count). The van der Waals surface area contributed by atoms with E-state index in [2.05, 4.69) is 10.1 Å². The number of rotatable bonds is 5. The summed E-state index contributed by atoms with van der Waals surface area (Å²) in [7, 11) is 0. The number of benzene rings is 1. The summed E-state index contributed by atoms with van der Waals surface area (Å²) in [6.07, 6.45) is 4.66. The molecule has 2 saturated heterocycles. The molecule has 2 aromatic rings. The number of hydrogen-bond acceptors (Lipinski definition) is 6. The molecule has 150 valence electrons. The highest BCUT2D eigenvalue weighted by Crippen LogP contribution is 2.32. The van der Waals surface area contributed by atoms with E-state index in [1.807, 2.05) is 35.2 Å². The Kier molecular flexibility index (Phi) is 5.92. The first-order valence-corrected chi connectivity index (χ1v) is 10.1. The van der Waals surface area contributed by atoms with E-state index in [0.717, 1.165) is 31.6 Å². The molecule has 1 N–H and O–H groups in total. The third-order valence-corrected chi connectivity index (χ3v) is 5.48. The normalized spacial score (nSPS) is 21.4. The second kappa shape index (κ2) is 8.75. The molecule has 2 aliphatic heterocycles. The van der Waals surface area contributed by atoms with Crippen LogP contribution in [0.2, 0.25) is 0 Å². The SMILES string of the molecule is O=C(O)c1c(N2CCCOC(CN3CCCCC3)C2)noc1-c1ccccc1. The molecule has 3 heterocycles. The maximum absolute atomic E-state index is 12.0. The highest BCUT2D eigenvalue weighted by atomic mass is 16.5. The first-order chi connectivity index (χ1) is 13.7. The first-order valence-electron chi connectivity index (χ1n) is 10.1. The summed E-state index contributed by atoms with van der Waals surface area (Å²) in [5.41, 5.74) is 0.847. The van der Waals surface area contributed by atoms with Crippen molar-refractivity contribution in [1.82, 2.24) is 10.1 Å². The molecular weight excluding hydrogens is 358 g/mol. The minimum absolute atomic E-state index is 0.0409. The number of aromatic nitrogens is 1. The van der Waals surface area contributed by atoms with Crippen LogP contribution in [0.1, 0.15) is 36.0 Å². The minimum atomic E-state index is -1.02. The number of carboxylic acid groups (broad SMARTS) is 1. The topological polar surface area (TPSA) is 79.0 Å². The van der Waals surface area contributed by atoms with Crippen molar-refractivity contribution >= 4 is 11.8 Å². The van der Waals surface area contributed by atoms with E-state index in [1.165, 1.54) is 19.3 Å². The molecular formula is C21H27N3O4. The molecule has 2 fully saturated rings. The Morgan fingerprint density at radius 1 is 1.11 bits per heavy atom. The van der Waals surface area contributed by atoms with Gasteiger partial charge < -0.3 is 24.2 Å². The van der Waals surface area contributed by atoms with Crippen molar-refractivity contribution in [3.05, 3.63) is 35.9 Å². The number of nitrogens with zero attached hydrogens (tertiary/aromatic N) is 3. The molecule has 28 heavy (non-hydrogen) atoms. The van der Waals surface area contributed by atoms with Crippen molar-refractivity contribution in [2.45, 2.75) is 31.8 Å². The van der Waals surface area contributed by atoms with Gasteiger partial charge in [0.2, 0.25) is 0 Å². The van der Waals surface area contributed by atoms with Gasteiger partial charge >= 0.3 is 5.97 Å². The summed E-state index contributed by atoms with van der Waals surface area (Å²) < 4.78 is 11.6. The Labute approximate surface area is 164 Å². The van der Waals surface area contributed by atoms with Crippen molar-refractivity contribution in [1.29, 1.82) is 0 Å². The van der Waals surface area contributed by atoms with E-state index in [1.54, 1.807) is 0 Å². The van der Waals surface area contributed by atoms with Crippen molar-refractivity contribution in [2.75, 3.05) is 44.2 Å². The van der Waals surface area contributed by atoms with Gasteiger partial charge in [-0.3, -0.25) is 0 Å². The van der Waals surface area contributed by atoms with Crippen LogP contribution in [-0.4, -0.2) is 66.6 Å². The molecule has 0 saturated carbocycles. The first kappa shape index (κ1) is 19.0. The largest absolute Gasteiger partial charge is 0.477 e. The number of aromatic carboxylic acids is 1. The molecule has 2 aliphatic rings. The van der Waals surface area contributed by atoms with E-state index < -0.39 is 5.97 Å². The van der Waals surface area contributed by atoms with E-state index in [0.29, 0.717) is 31.3 Å². The zero-order valence-corrected chi connectivity index (χ0v) is 16.0. The predicted molar refractivity (Wildman–Crippen MR) is 106 cm³/mol. The van der Waals surface area contributed by atoms with Crippen LogP contribution in [0.4, 0.5) is 5.82 Å². The third kappa shape index (κ3) is 4.20. The van der Waals surface area contributed by atoms with Gasteiger partial charge in [-0.1, -0.05) is 41.9 Å². The van der Waals surface area contributed by atoms with Crippen LogP contribution in [0.25, 0.3) is 11.3 Å². The Balaban J connectivity index is 1.56. The fourth-order valence-electron chi connectivity index (χ4n) is 4.10. The smallest absolute Gasteiger partial charge is 0.343 e. The van der Waals surface area contributed by atoms with E-state index >= 15 is 0 Å². The second-order valence-corrected chi connectivity index (χ2v) is 7.54. The van der Waals surface area contributed by atoms with Gasteiger partial charge in [-0.15, -0.1) is 0 Å². The lowest BCUT2D eigenvalue weighted by atomic mass is 10.1. The van der Waals surface area contributed by atoms with Gasteiger partial charge in [0.25, 0.3) is 0 Å². The van der Waals surface area contributed by atoms with Crippen LogP contribution in [0.3, 0.4) is 0 Å². The number of carbonyl (C=O) groups is 1. The fourth-order valence-corrected chi connectivity index (χ4v) is 4.10. The average molecular weight is 385 g/mol. The van der Waals surface area contributed by atoms with Gasteiger partial charge in [0.05, 0.1) is 6.10 Å². The molecule has 1 unspecified atom stereocenters. The fraction of sp³-hybridized carbons (Fsp3) is 0.524. The van der Waals surface area contributed by atoms with Gasteiger partial charge in [-0.05, 0) is 32.4 Å². The maximum Gasteiger partial charge on any atom is 0.343 e. The Hall–Kier alpha value is -2.38. The van der Waals surface area contributed by atoms with Crippen molar-refractivity contribution in [2.24, 2.45) is 0 Å². The maximum atomic E-state index is 12.0. The van der Waals surface area contributed by atoms with Gasteiger partial charge in [-0.2, -0.15) is 0 Å². The van der Waals surface area contributed by atoms with E-state index in [9.17, 15) is 9.90 Å². The zero-order chi connectivity index (χ0) is 19.3. The lowest BCUT2D eigenvalue weighted by Gasteiger charge is -2.31. The molecule has 0 aliphatic carbocycles. The van der Waals surface area contributed by atoms with E-state index in [-0.39, 0.29) is 11.7 Å². The van der Waals surface area contributed by atoms with Gasteiger partial charge in [-0.25, -0.2) is 4.79 Å². The average Bonchev–Trinajstić information content (AvgIpc) is 3.04. The predicted octanol–water partition coefficient (Wildman–Crippen LogP) is 3.12. The van der Waals surface area contributed by atoms with Crippen LogP contribution < -0.4 is 4.90 Å². The summed E-state index contributed by atoms with van der Waals surface area (Å²) >= 11 is 0. The van der Waals surface area contributed by atoms with E-state index in [4.69, 9.17) is 9.26 Å². The summed E-state index contributed by atoms with van der Waals surface area (Å²) in [5.74, 6) is -0.311. The summed E-state index contributed by atoms with van der Waals surface area (Å²) in [4.78, 5) is 16.5. The molecule has 1 atom stereocenters. The zero-order valence-electron chi connectivity index (χ0n) is 16.0. The standard InChI is InChI=1S/C21H27N3O4/c25-21(26)18-19(16-8-3-1-4-9-16)28-22-20(18)24-12-7-13-27-17(15-24)14-23-10-5-2-6-11-23/h1,3-4,8-9,17H,2,5-7,10-15H2,(H,25,26). The van der Waals surface area contributed by atoms with Gasteiger partial charge in [0.1, 0.15) is 0 Å². The molecule has 0 radical (unpaired) electrons. The highest BCUT2D eigenvalue weighted by molar-refractivity contribution is 5.99. The van der Waals surface area contributed by atoms with Crippen LogP contribution in [0.5, 0.6) is 0 Å². The third-order valence-electron chi connectivity index (χ3n) is 5.48. The number of likely N-dealkylation sites (tertiary alicyclic amines) is 1. The van der Waals surface area contributed by atoms with Crippen LogP contribution in [0, 0.1) is 0 Å². The van der Waals surface area contributed by atoms with Crippen LogP contribution in [-0.2, 0) is 4.74 Å². The molecule has 7 nitrogen and oxygen atoms in total. The van der Waals surface area contributed by atoms with Crippen molar-refractivity contribution in [3.63, 3.8) is 0 Å². The number of anilines is 1. The molecule has 1 aromatic heterocycles. The lowest BCUT2D eigenvalue weighted by Crippen LogP contribution is -2.42. The van der Waals surface area contributed by atoms with Crippen molar-refractivity contribution in [3.8, 4) is 11.3 Å². The minimum Gasteiger partial charge on any atom is -0.477 e. The summed E-state index contributed by atoms with van der Waals surface area (Å²) in [6, 6.07) is 9.27. The monoisotopic (exact) mass is 385 g/mol. The summed E-state index contributed by atoms with van der Waals surface area (Å²) in [6.45, 7) is 5.11. The van der Waals surface area contributed by atoms with Crippen LogP contribution in [0.15, 0.2) is 34.9 Å². The Morgan fingerprint density at radius 2 is 1.89 bits per heavy atom. The summed E-state index contributed by atoms with van der Waals surface area (Å²) in [5, 5.41) is 14.0.